The van der Waals surface area contributed by atoms with Gasteiger partial charge in [0.25, 0.3) is 0 Å². The van der Waals surface area contributed by atoms with Crippen LogP contribution in [0.2, 0.25) is 0 Å². The van der Waals surface area contributed by atoms with Gasteiger partial charge in [-0.2, -0.15) is 0 Å². The number of para-hydroxylation sites is 4. The van der Waals surface area contributed by atoms with Gasteiger partial charge in [0.05, 0.1) is 38.9 Å². The monoisotopic (exact) mass is 756 g/mol. The number of nitrogens with zero attached hydrogens (tertiary/aromatic N) is 4. The minimum atomic E-state index is -0.569. The van der Waals surface area contributed by atoms with Crippen LogP contribution in [0, 0.1) is 0 Å². The van der Waals surface area contributed by atoms with E-state index < -0.39 is 5.41 Å². The molecule has 0 atom stereocenters. The van der Waals surface area contributed by atoms with Crippen LogP contribution in [0.5, 0.6) is 0 Å². The zero-order valence-electron chi connectivity index (χ0n) is 31.2. The Morgan fingerprint density at radius 2 is 0.810 bits per heavy atom. The molecule has 1 aliphatic heterocycles. The van der Waals surface area contributed by atoms with Gasteiger partial charge in [-0.15, -0.1) is 0 Å². The molecule has 7 aromatic carbocycles. The van der Waals surface area contributed by atoms with E-state index in [4.69, 9.17) is 9.97 Å². The number of hydrogen-bond acceptors (Lipinski definition) is 3. The van der Waals surface area contributed by atoms with Gasteiger partial charge in [-0.3, -0.25) is 9.97 Å². The molecule has 0 unspecified atom stereocenters. The lowest BCUT2D eigenvalue weighted by molar-refractivity contribution is 0.720. The molecule has 0 fully saturated rings. The molecule has 270 valence electrons. The minimum absolute atomic E-state index is 0.569. The van der Waals surface area contributed by atoms with Crippen molar-refractivity contribution in [3.63, 3.8) is 0 Å². The van der Waals surface area contributed by atoms with Gasteiger partial charge in [-0.05, 0) is 106 Å². The molecule has 0 saturated carbocycles. The SMILES string of the molecule is c1ccc2c(c1)Sc1ccc(-c3cc(-n4c5ccccc5c5ccccc54)cc(-n4c5ccccc5c5ccccc54)c3)cc1C21c2cccnc2-c2ncccc21. The third-order valence-corrected chi connectivity index (χ3v) is 13.6. The number of fused-ring (bicyclic) bond motifs is 15. The Balaban J connectivity index is 1.13. The summed E-state index contributed by atoms with van der Waals surface area (Å²) in [4.78, 5) is 12.5. The van der Waals surface area contributed by atoms with Crippen molar-refractivity contribution in [2.24, 2.45) is 0 Å². The molecule has 13 rings (SSSR count). The van der Waals surface area contributed by atoms with E-state index in [2.05, 4.69) is 191 Å². The van der Waals surface area contributed by atoms with E-state index in [-0.39, 0.29) is 0 Å². The maximum atomic E-state index is 4.98. The highest BCUT2D eigenvalue weighted by Gasteiger charge is 2.51. The normalized spacial score (nSPS) is 13.6. The number of hydrogen-bond donors (Lipinski definition) is 0. The number of aromatic nitrogens is 4. The molecule has 0 radical (unpaired) electrons. The number of benzene rings is 7. The molecule has 1 spiro atoms. The molecule has 0 amide bonds. The van der Waals surface area contributed by atoms with Gasteiger partial charge in [-0.1, -0.05) is 121 Å². The summed E-state index contributed by atoms with van der Waals surface area (Å²) in [6, 6.07) is 66.9. The topological polar surface area (TPSA) is 35.6 Å². The van der Waals surface area contributed by atoms with Crippen molar-refractivity contribution in [1.82, 2.24) is 19.1 Å². The number of pyridine rings is 2. The summed E-state index contributed by atoms with van der Waals surface area (Å²) in [5.74, 6) is 0. The second-order valence-electron chi connectivity index (χ2n) is 15.3. The molecular formula is C53H32N4S. The van der Waals surface area contributed by atoms with Gasteiger partial charge in [-0.25, -0.2) is 0 Å². The van der Waals surface area contributed by atoms with E-state index in [0.717, 1.165) is 33.9 Å². The van der Waals surface area contributed by atoms with Crippen LogP contribution in [0.1, 0.15) is 22.3 Å². The van der Waals surface area contributed by atoms with Crippen molar-refractivity contribution in [1.29, 1.82) is 0 Å². The lowest BCUT2D eigenvalue weighted by atomic mass is 9.67. The molecule has 0 bridgehead atoms. The molecule has 2 aliphatic rings. The quantitative estimate of drug-likeness (QED) is 0.180. The summed E-state index contributed by atoms with van der Waals surface area (Å²) in [5.41, 5.74) is 15.5. The Kier molecular flexibility index (Phi) is 6.55. The first-order valence-corrected chi connectivity index (χ1v) is 20.5. The fraction of sp³-hybridized carbons (Fsp3) is 0.0189. The largest absolute Gasteiger partial charge is 0.309 e. The fourth-order valence-electron chi connectivity index (χ4n) is 10.2. The predicted octanol–water partition coefficient (Wildman–Crippen LogP) is 13.2. The van der Waals surface area contributed by atoms with Crippen molar-refractivity contribution in [3.8, 4) is 33.9 Å². The van der Waals surface area contributed by atoms with Crippen LogP contribution in [0.4, 0.5) is 0 Å². The maximum Gasteiger partial charge on any atom is 0.0937 e. The highest BCUT2D eigenvalue weighted by Crippen LogP contribution is 2.61. The smallest absolute Gasteiger partial charge is 0.0937 e. The summed E-state index contributed by atoms with van der Waals surface area (Å²) < 4.78 is 4.89. The predicted molar refractivity (Wildman–Crippen MR) is 238 cm³/mol. The van der Waals surface area contributed by atoms with Crippen molar-refractivity contribution in [2.75, 3.05) is 0 Å². The highest BCUT2D eigenvalue weighted by atomic mass is 32.2. The second-order valence-corrected chi connectivity index (χ2v) is 16.4. The first kappa shape index (κ1) is 31.9. The zero-order chi connectivity index (χ0) is 38.0. The minimum Gasteiger partial charge on any atom is -0.309 e. The van der Waals surface area contributed by atoms with E-state index in [1.54, 1.807) is 0 Å². The van der Waals surface area contributed by atoms with E-state index in [1.165, 1.54) is 75.7 Å². The highest BCUT2D eigenvalue weighted by molar-refractivity contribution is 7.99. The van der Waals surface area contributed by atoms with Crippen molar-refractivity contribution in [2.45, 2.75) is 15.2 Å². The molecular weight excluding hydrogens is 725 g/mol. The molecule has 4 aromatic heterocycles. The summed E-state index contributed by atoms with van der Waals surface area (Å²) in [5, 5.41) is 4.98. The van der Waals surface area contributed by atoms with E-state index in [1.807, 2.05) is 24.2 Å². The molecule has 5 heteroatoms. The fourth-order valence-corrected chi connectivity index (χ4v) is 11.3. The van der Waals surface area contributed by atoms with Gasteiger partial charge in [0, 0.05) is 55.1 Å². The standard InChI is InChI=1S/C53H32N4S/c1-6-20-45-37(13-1)38-14-2-7-21-46(38)56(45)35-29-34(30-36(32-35)57-47-22-8-3-15-39(47)40-16-4-9-23-48(40)57)33-25-26-50-44(31-33)53(41-17-5-10-24-49(41)58-50)42-18-11-27-54-51(42)52-43(53)19-12-28-55-52/h1-32H. The Labute approximate surface area is 338 Å². The van der Waals surface area contributed by atoms with E-state index >= 15 is 0 Å². The van der Waals surface area contributed by atoms with Crippen LogP contribution in [-0.4, -0.2) is 19.1 Å². The molecule has 0 N–H and O–H groups in total. The van der Waals surface area contributed by atoms with Crippen molar-refractivity contribution < 1.29 is 0 Å². The van der Waals surface area contributed by atoms with Crippen LogP contribution in [0.25, 0.3) is 77.5 Å². The van der Waals surface area contributed by atoms with Gasteiger partial charge in [0.2, 0.25) is 0 Å². The Morgan fingerprint density at radius 3 is 1.34 bits per heavy atom. The van der Waals surface area contributed by atoms with E-state index in [0.29, 0.717) is 0 Å². The Morgan fingerprint density at radius 1 is 0.362 bits per heavy atom. The Bertz CT molecular complexity index is 3230. The maximum absolute atomic E-state index is 4.98. The van der Waals surface area contributed by atoms with Crippen molar-refractivity contribution >= 4 is 55.4 Å². The third-order valence-electron chi connectivity index (χ3n) is 12.5. The summed E-state index contributed by atoms with van der Waals surface area (Å²) in [6.07, 6.45) is 3.79. The molecule has 5 heterocycles. The lowest BCUT2D eigenvalue weighted by Gasteiger charge is -2.39. The molecule has 1 aliphatic carbocycles. The lowest BCUT2D eigenvalue weighted by Crippen LogP contribution is -2.32. The molecule has 58 heavy (non-hydrogen) atoms. The average Bonchev–Trinajstić information content (AvgIpc) is 3.91. The Hall–Kier alpha value is -7.21. The summed E-state index contributed by atoms with van der Waals surface area (Å²) >= 11 is 1.86. The van der Waals surface area contributed by atoms with E-state index in [9.17, 15) is 0 Å². The summed E-state index contributed by atoms with van der Waals surface area (Å²) in [7, 11) is 0. The van der Waals surface area contributed by atoms with Gasteiger partial charge < -0.3 is 9.13 Å². The van der Waals surface area contributed by atoms with Crippen LogP contribution in [-0.2, 0) is 5.41 Å². The average molecular weight is 757 g/mol. The van der Waals surface area contributed by atoms with Gasteiger partial charge in [0.15, 0.2) is 0 Å². The van der Waals surface area contributed by atoms with Crippen molar-refractivity contribution in [3.05, 3.63) is 217 Å². The van der Waals surface area contributed by atoms with Crippen LogP contribution in [0.3, 0.4) is 0 Å². The van der Waals surface area contributed by atoms with Crippen LogP contribution >= 0.6 is 11.8 Å². The number of rotatable bonds is 3. The van der Waals surface area contributed by atoms with Crippen LogP contribution < -0.4 is 0 Å². The zero-order valence-corrected chi connectivity index (χ0v) is 32.0. The third kappa shape index (κ3) is 4.20. The first-order chi connectivity index (χ1) is 28.8. The summed E-state index contributed by atoms with van der Waals surface area (Å²) in [6.45, 7) is 0. The van der Waals surface area contributed by atoms with Gasteiger partial charge >= 0.3 is 0 Å². The van der Waals surface area contributed by atoms with Crippen LogP contribution in [0.15, 0.2) is 204 Å². The molecule has 11 aromatic rings. The van der Waals surface area contributed by atoms with Gasteiger partial charge in [0.1, 0.15) is 0 Å². The first-order valence-electron chi connectivity index (χ1n) is 19.7. The molecule has 4 nitrogen and oxygen atoms in total. The second kappa shape index (κ2) is 11.9. The molecule has 0 saturated heterocycles.